The second kappa shape index (κ2) is 1.74. The molecule has 0 unspecified atom stereocenters. The molecule has 1 aromatic heterocycles. The Morgan fingerprint density at radius 2 is 2.17 bits per heavy atom. The Kier molecular flexibility index (Phi) is 0.966. The maximum Gasteiger partial charge on any atom is 0.0489 e. The zero-order chi connectivity index (χ0) is 8.23. The average molecular weight is 163 g/mol. The molecule has 1 heterocycles. The molecule has 0 aromatic carbocycles. The summed E-state index contributed by atoms with van der Waals surface area (Å²) in [5.74, 6) is 0. The van der Waals surface area contributed by atoms with E-state index >= 15 is 0 Å². The molecule has 0 atom stereocenters. The van der Waals surface area contributed by atoms with E-state index in [4.69, 9.17) is 5.73 Å². The Balaban J connectivity index is 1.72. The second-order valence-corrected chi connectivity index (χ2v) is 4.60. The molecular formula is C9H13N3. The summed E-state index contributed by atoms with van der Waals surface area (Å²) in [4.78, 5) is 0. The van der Waals surface area contributed by atoms with Gasteiger partial charge in [-0.3, -0.25) is 4.68 Å². The van der Waals surface area contributed by atoms with Crippen LogP contribution in [0.2, 0.25) is 0 Å². The van der Waals surface area contributed by atoms with E-state index in [1.54, 1.807) is 0 Å². The van der Waals surface area contributed by atoms with Crippen molar-refractivity contribution in [2.24, 2.45) is 11.1 Å². The Bertz CT molecular complexity index is 282. The molecular weight excluding hydrogens is 150 g/mol. The Hall–Kier alpha value is -0.830. The van der Waals surface area contributed by atoms with Crippen molar-refractivity contribution in [3.8, 4) is 0 Å². The van der Waals surface area contributed by atoms with E-state index in [2.05, 4.69) is 5.10 Å². The van der Waals surface area contributed by atoms with Crippen LogP contribution in [0.1, 0.15) is 19.3 Å². The molecule has 3 saturated carbocycles. The standard InChI is InChI=1S/C9H13N3/c10-9-4-8(5-9,6-9)7-12-3-1-2-11-12/h1-3H,4-7,10H2. The van der Waals surface area contributed by atoms with E-state index in [1.807, 2.05) is 23.1 Å². The zero-order valence-electron chi connectivity index (χ0n) is 7.03. The molecule has 3 heteroatoms. The fourth-order valence-corrected chi connectivity index (χ4v) is 2.99. The molecule has 0 aliphatic heterocycles. The molecule has 3 aliphatic rings. The van der Waals surface area contributed by atoms with Gasteiger partial charge in [0.1, 0.15) is 0 Å². The first kappa shape index (κ1) is 6.66. The van der Waals surface area contributed by atoms with Crippen molar-refractivity contribution in [3.63, 3.8) is 0 Å². The van der Waals surface area contributed by atoms with Crippen molar-refractivity contribution in [2.45, 2.75) is 31.3 Å². The van der Waals surface area contributed by atoms with E-state index in [-0.39, 0.29) is 5.54 Å². The van der Waals surface area contributed by atoms with Gasteiger partial charge in [-0.1, -0.05) is 0 Å². The number of nitrogens with zero attached hydrogens (tertiary/aromatic N) is 2. The largest absolute Gasteiger partial charge is 0.325 e. The van der Waals surface area contributed by atoms with Crippen LogP contribution < -0.4 is 5.73 Å². The van der Waals surface area contributed by atoms with Crippen molar-refractivity contribution in [3.05, 3.63) is 18.5 Å². The Morgan fingerprint density at radius 3 is 2.67 bits per heavy atom. The molecule has 1 aromatic rings. The molecule has 4 rings (SSSR count). The van der Waals surface area contributed by atoms with Gasteiger partial charge in [0.2, 0.25) is 0 Å². The minimum Gasteiger partial charge on any atom is -0.325 e. The van der Waals surface area contributed by atoms with Gasteiger partial charge < -0.3 is 5.73 Å². The normalized spacial score (nSPS) is 43.4. The molecule has 2 N–H and O–H groups in total. The monoisotopic (exact) mass is 163 g/mol. The average Bonchev–Trinajstić information content (AvgIpc) is 2.33. The maximum atomic E-state index is 5.97. The van der Waals surface area contributed by atoms with Crippen molar-refractivity contribution >= 4 is 0 Å². The van der Waals surface area contributed by atoms with Gasteiger partial charge in [-0.2, -0.15) is 5.10 Å². The number of hydrogen-bond donors (Lipinski definition) is 1. The topological polar surface area (TPSA) is 43.8 Å². The van der Waals surface area contributed by atoms with Crippen LogP contribution in [-0.2, 0) is 6.54 Å². The van der Waals surface area contributed by atoms with Crippen LogP contribution in [0.25, 0.3) is 0 Å². The molecule has 0 spiro atoms. The van der Waals surface area contributed by atoms with Gasteiger partial charge in [0.15, 0.2) is 0 Å². The maximum absolute atomic E-state index is 5.97. The number of rotatable bonds is 2. The highest BCUT2D eigenvalue weighted by Gasteiger charge is 2.65. The van der Waals surface area contributed by atoms with Gasteiger partial charge in [0.25, 0.3) is 0 Å². The molecule has 12 heavy (non-hydrogen) atoms. The number of aromatic nitrogens is 2. The molecule has 3 aliphatic carbocycles. The first-order valence-corrected chi connectivity index (χ1v) is 4.46. The van der Waals surface area contributed by atoms with Crippen LogP contribution in [0, 0.1) is 5.41 Å². The highest BCUT2D eigenvalue weighted by molar-refractivity contribution is 5.21. The van der Waals surface area contributed by atoms with Crippen LogP contribution in [0.15, 0.2) is 18.5 Å². The molecule has 64 valence electrons. The van der Waals surface area contributed by atoms with Crippen molar-refractivity contribution in [2.75, 3.05) is 0 Å². The lowest BCUT2D eigenvalue weighted by atomic mass is 9.40. The van der Waals surface area contributed by atoms with E-state index < -0.39 is 0 Å². The van der Waals surface area contributed by atoms with Gasteiger partial charge in [-0.25, -0.2) is 0 Å². The third-order valence-electron chi connectivity index (χ3n) is 3.24. The first-order chi connectivity index (χ1) is 5.70. The van der Waals surface area contributed by atoms with E-state index in [1.165, 1.54) is 19.3 Å². The minimum atomic E-state index is 0.229. The van der Waals surface area contributed by atoms with Crippen LogP contribution in [0.3, 0.4) is 0 Å². The predicted molar refractivity (Wildman–Crippen MR) is 45.4 cm³/mol. The van der Waals surface area contributed by atoms with Crippen LogP contribution in [0.4, 0.5) is 0 Å². The van der Waals surface area contributed by atoms with Gasteiger partial charge >= 0.3 is 0 Å². The van der Waals surface area contributed by atoms with Gasteiger partial charge in [0.05, 0.1) is 0 Å². The van der Waals surface area contributed by atoms with Gasteiger partial charge in [0, 0.05) is 24.5 Å². The molecule has 3 fully saturated rings. The van der Waals surface area contributed by atoms with Gasteiger partial charge in [-0.15, -0.1) is 0 Å². The molecule has 0 radical (unpaired) electrons. The third-order valence-corrected chi connectivity index (χ3v) is 3.24. The summed E-state index contributed by atoms with van der Waals surface area (Å²) in [6, 6.07) is 1.98. The van der Waals surface area contributed by atoms with Crippen molar-refractivity contribution in [1.29, 1.82) is 0 Å². The highest BCUT2D eigenvalue weighted by atomic mass is 15.3. The van der Waals surface area contributed by atoms with Crippen LogP contribution in [0.5, 0.6) is 0 Å². The Labute approximate surface area is 71.6 Å². The lowest BCUT2D eigenvalue weighted by Crippen LogP contribution is -2.73. The van der Waals surface area contributed by atoms with Crippen molar-refractivity contribution in [1.82, 2.24) is 9.78 Å². The molecule has 2 bridgehead atoms. The van der Waals surface area contributed by atoms with Crippen LogP contribution >= 0.6 is 0 Å². The summed E-state index contributed by atoms with van der Waals surface area (Å²) >= 11 is 0. The lowest BCUT2D eigenvalue weighted by Gasteiger charge is -2.69. The predicted octanol–water partition coefficient (Wildman–Crippen LogP) is 0.764. The van der Waals surface area contributed by atoms with E-state index in [0.717, 1.165) is 6.54 Å². The van der Waals surface area contributed by atoms with E-state index in [0.29, 0.717) is 5.41 Å². The summed E-state index contributed by atoms with van der Waals surface area (Å²) in [6.07, 6.45) is 7.49. The van der Waals surface area contributed by atoms with Crippen LogP contribution in [-0.4, -0.2) is 15.3 Å². The number of nitrogens with two attached hydrogens (primary N) is 1. The highest BCUT2D eigenvalue weighted by Crippen LogP contribution is 2.66. The SMILES string of the molecule is NC12CC(Cn3cccn3)(C1)C2. The third kappa shape index (κ3) is 0.719. The molecule has 0 saturated heterocycles. The first-order valence-electron chi connectivity index (χ1n) is 4.46. The van der Waals surface area contributed by atoms with Gasteiger partial charge in [-0.05, 0) is 30.7 Å². The lowest BCUT2D eigenvalue weighted by molar-refractivity contribution is -0.143. The summed E-state index contributed by atoms with van der Waals surface area (Å²) < 4.78 is 2.03. The molecule has 0 amide bonds. The second-order valence-electron chi connectivity index (χ2n) is 4.60. The zero-order valence-corrected chi connectivity index (χ0v) is 7.03. The summed E-state index contributed by atoms with van der Waals surface area (Å²) in [7, 11) is 0. The number of hydrogen-bond acceptors (Lipinski definition) is 2. The Morgan fingerprint density at radius 1 is 1.42 bits per heavy atom. The summed E-state index contributed by atoms with van der Waals surface area (Å²) in [6.45, 7) is 1.07. The quantitative estimate of drug-likeness (QED) is 0.699. The van der Waals surface area contributed by atoms with E-state index in [9.17, 15) is 0 Å². The minimum absolute atomic E-state index is 0.229. The fraction of sp³-hybridized carbons (Fsp3) is 0.667. The fourth-order valence-electron chi connectivity index (χ4n) is 2.99. The summed E-state index contributed by atoms with van der Waals surface area (Å²) in [5.41, 5.74) is 6.73. The summed E-state index contributed by atoms with van der Waals surface area (Å²) in [5, 5.41) is 4.21. The smallest absolute Gasteiger partial charge is 0.0489 e. The molecule has 3 nitrogen and oxygen atoms in total. The van der Waals surface area contributed by atoms with Crippen molar-refractivity contribution < 1.29 is 0 Å².